The highest BCUT2D eigenvalue weighted by Crippen LogP contribution is 2.40. The van der Waals surface area contributed by atoms with Crippen LogP contribution in [0.15, 0.2) is 23.6 Å². The molecule has 274 valence electrons. The van der Waals surface area contributed by atoms with Crippen LogP contribution in [-0.2, 0) is 23.9 Å². The van der Waals surface area contributed by atoms with Crippen molar-refractivity contribution < 1.29 is 27.6 Å². The van der Waals surface area contributed by atoms with Crippen molar-refractivity contribution in [3.05, 3.63) is 45.3 Å². The van der Waals surface area contributed by atoms with E-state index >= 15 is 0 Å². The molecule has 0 aliphatic carbocycles. The van der Waals surface area contributed by atoms with Crippen molar-refractivity contribution in [2.45, 2.75) is 69.4 Å². The summed E-state index contributed by atoms with van der Waals surface area (Å²) >= 11 is 7.80. The highest BCUT2D eigenvalue weighted by Gasteiger charge is 2.38. The molecule has 50 heavy (non-hydrogen) atoms. The molecule has 0 bridgehead atoms. The Bertz CT molecular complexity index is 1540. The maximum Gasteiger partial charge on any atom is 0.418 e. The average Bonchev–Trinajstić information content (AvgIpc) is 3.44. The van der Waals surface area contributed by atoms with Crippen LogP contribution in [-0.4, -0.2) is 127 Å². The molecule has 1 aromatic heterocycles. The van der Waals surface area contributed by atoms with Crippen molar-refractivity contribution in [1.82, 2.24) is 29.8 Å². The lowest BCUT2D eigenvalue weighted by molar-refractivity contribution is -0.137. The second kappa shape index (κ2) is 15.5. The van der Waals surface area contributed by atoms with E-state index in [1.807, 2.05) is 11.4 Å². The van der Waals surface area contributed by atoms with Crippen molar-refractivity contribution in [2.24, 2.45) is 0 Å². The van der Waals surface area contributed by atoms with E-state index < -0.39 is 23.8 Å². The summed E-state index contributed by atoms with van der Waals surface area (Å²) in [6.07, 6.45) is -1.02. The SMILES string of the molecule is CNc1c(Cl)cc(C[C@@H](NC(=O)N2CCC(N3Cc4ccsc4NC3=O)CC2)C(=O)N2CCC(N3CCCN(C)CC3)CC2)cc1C(F)(F)F. The smallest absolute Gasteiger partial charge is 0.386 e. The van der Waals surface area contributed by atoms with Gasteiger partial charge in [0.15, 0.2) is 0 Å². The van der Waals surface area contributed by atoms with Crippen molar-refractivity contribution >= 4 is 51.6 Å². The maximum absolute atomic E-state index is 14.1. The Hall–Kier alpha value is -3.27. The van der Waals surface area contributed by atoms with Gasteiger partial charge in [0.25, 0.3) is 0 Å². The quantitative estimate of drug-likeness (QED) is 0.360. The lowest BCUT2D eigenvalue weighted by Gasteiger charge is -2.41. The van der Waals surface area contributed by atoms with E-state index in [1.54, 1.807) is 14.7 Å². The summed E-state index contributed by atoms with van der Waals surface area (Å²) in [4.78, 5) is 50.6. The second-order valence-electron chi connectivity index (χ2n) is 13.8. The van der Waals surface area contributed by atoms with E-state index in [0.29, 0.717) is 51.6 Å². The normalized spacial score (nSPS) is 21.0. The molecule has 0 radical (unpaired) electrons. The highest BCUT2D eigenvalue weighted by molar-refractivity contribution is 7.14. The third kappa shape index (κ3) is 8.27. The van der Waals surface area contributed by atoms with Crippen LogP contribution in [0.2, 0.25) is 5.02 Å². The molecular formula is C34H46ClF3N8O3S. The summed E-state index contributed by atoms with van der Waals surface area (Å²) in [5, 5.41) is 11.1. The van der Waals surface area contributed by atoms with Crippen LogP contribution in [0.3, 0.4) is 0 Å². The zero-order valence-electron chi connectivity index (χ0n) is 28.5. The number of alkyl halides is 3. The molecule has 6 rings (SSSR count). The number of rotatable bonds is 7. The molecule has 1 atom stereocenters. The third-order valence-corrected chi connectivity index (χ3v) is 11.7. The Morgan fingerprint density at radius 3 is 2.40 bits per heavy atom. The number of nitrogens with zero attached hydrogens (tertiary/aromatic N) is 5. The molecule has 3 N–H and O–H groups in total. The van der Waals surface area contributed by atoms with Gasteiger partial charge in [-0.25, -0.2) is 9.59 Å². The number of hydrogen-bond acceptors (Lipinski definition) is 7. The van der Waals surface area contributed by atoms with Crippen molar-refractivity contribution in [1.29, 1.82) is 0 Å². The lowest BCUT2D eigenvalue weighted by Crippen LogP contribution is -2.57. The molecule has 16 heteroatoms. The van der Waals surface area contributed by atoms with Crippen LogP contribution in [0.4, 0.5) is 33.4 Å². The summed E-state index contributed by atoms with van der Waals surface area (Å²) in [5.74, 6) is -0.318. The topological polar surface area (TPSA) is 103 Å². The molecule has 1 aromatic carbocycles. The number of likely N-dealkylation sites (N-methyl/N-ethyl adjacent to an activating group) is 1. The Balaban J connectivity index is 1.14. The molecule has 0 spiro atoms. The Labute approximate surface area is 300 Å². The number of amides is 5. The van der Waals surface area contributed by atoms with Gasteiger partial charge in [0.1, 0.15) is 11.0 Å². The number of carbonyl (C=O) groups excluding carboxylic acids is 3. The average molecular weight is 739 g/mol. The number of thiophene rings is 1. The molecule has 0 unspecified atom stereocenters. The number of benzene rings is 1. The maximum atomic E-state index is 14.1. The lowest BCUT2D eigenvalue weighted by atomic mass is 9.98. The van der Waals surface area contributed by atoms with Gasteiger partial charge in [0, 0.05) is 70.4 Å². The number of fused-ring (bicyclic) bond motifs is 1. The molecular weight excluding hydrogens is 693 g/mol. The molecule has 11 nitrogen and oxygen atoms in total. The molecule has 3 fully saturated rings. The Kier molecular flexibility index (Phi) is 11.4. The van der Waals surface area contributed by atoms with Gasteiger partial charge >= 0.3 is 18.2 Å². The number of carbonyl (C=O) groups is 3. The van der Waals surface area contributed by atoms with E-state index in [2.05, 4.69) is 32.8 Å². The van der Waals surface area contributed by atoms with E-state index in [-0.39, 0.29) is 40.7 Å². The van der Waals surface area contributed by atoms with E-state index in [0.717, 1.165) is 62.1 Å². The van der Waals surface area contributed by atoms with Gasteiger partial charge in [-0.15, -0.1) is 11.3 Å². The zero-order valence-corrected chi connectivity index (χ0v) is 30.1. The van der Waals surface area contributed by atoms with Gasteiger partial charge in [-0.1, -0.05) is 11.6 Å². The fraction of sp³-hybridized carbons (Fsp3) is 0.618. The van der Waals surface area contributed by atoms with Crippen LogP contribution in [0.5, 0.6) is 0 Å². The van der Waals surface area contributed by atoms with E-state index in [9.17, 15) is 27.6 Å². The molecule has 3 saturated heterocycles. The minimum atomic E-state index is -4.68. The van der Waals surface area contributed by atoms with Crippen molar-refractivity contribution in [2.75, 3.05) is 77.1 Å². The highest BCUT2D eigenvalue weighted by atomic mass is 35.5. The second-order valence-corrected chi connectivity index (χ2v) is 15.1. The third-order valence-electron chi connectivity index (χ3n) is 10.5. The number of urea groups is 2. The van der Waals surface area contributed by atoms with Crippen molar-refractivity contribution in [3.8, 4) is 0 Å². The van der Waals surface area contributed by atoms with Crippen molar-refractivity contribution in [3.63, 3.8) is 0 Å². The number of halogens is 4. The van der Waals surface area contributed by atoms with Crippen LogP contribution in [0.1, 0.15) is 48.8 Å². The fourth-order valence-corrected chi connectivity index (χ4v) is 8.84. The van der Waals surface area contributed by atoms with Gasteiger partial charge in [-0.3, -0.25) is 15.0 Å². The summed E-state index contributed by atoms with van der Waals surface area (Å²) in [6.45, 7) is 6.32. The Morgan fingerprint density at radius 1 is 1.00 bits per heavy atom. The van der Waals surface area contributed by atoms with Crippen LogP contribution < -0.4 is 16.0 Å². The number of nitrogens with one attached hydrogen (secondary N) is 3. The van der Waals surface area contributed by atoms with Gasteiger partial charge in [-0.05, 0) is 81.4 Å². The van der Waals surface area contributed by atoms with Gasteiger partial charge in [-0.2, -0.15) is 13.2 Å². The minimum absolute atomic E-state index is 0.0518. The molecule has 4 aliphatic rings. The number of anilines is 2. The zero-order chi connectivity index (χ0) is 35.6. The van der Waals surface area contributed by atoms with Crippen LogP contribution in [0, 0.1) is 0 Å². The summed E-state index contributed by atoms with van der Waals surface area (Å²) in [5.41, 5.74) is 0.0984. The first-order chi connectivity index (χ1) is 23.9. The van der Waals surface area contributed by atoms with Crippen LogP contribution >= 0.6 is 22.9 Å². The molecule has 5 amide bonds. The predicted octanol–water partition coefficient (Wildman–Crippen LogP) is 5.22. The monoisotopic (exact) mass is 738 g/mol. The standard InChI is InChI=1S/C34H46ClF3N8O3S/c1-39-29-26(34(36,37)38)18-22(19-27(29)35)20-28(31(47)44-11-4-24(5-12-44)43-10-3-9-42(2)15-16-43)40-32(48)45-13-6-25(7-14-45)46-21-23-8-17-50-30(23)41-33(46)49/h8,17-19,24-25,28,39H,3-7,9-16,20-21H2,1-2H3,(H,40,48)(H,41,49)/t28-/m1/s1. The summed E-state index contributed by atoms with van der Waals surface area (Å²) in [7, 11) is 3.50. The fourth-order valence-electron chi connectivity index (χ4n) is 7.71. The van der Waals surface area contributed by atoms with E-state index in [4.69, 9.17) is 11.6 Å². The molecule has 0 saturated carbocycles. The Morgan fingerprint density at radius 2 is 1.70 bits per heavy atom. The van der Waals surface area contributed by atoms with Crippen LogP contribution in [0.25, 0.3) is 0 Å². The molecule has 2 aromatic rings. The largest absolute Gasteiger partial charge is 0.418 e. The molecule has 5 heterocycles. The first kappa shape index (κ1) is 36.5. The first-order valence-electron chi connectivity index (χ1n) is 17.4. The number of hydrogen-bond donors (Lipinski definition) is 3. The number of likely N-dealkylation sites (tertiary alicyclic amines) is 2. The minimum Gasteiger partial charge on any atom is -0.386 e. The van der Waals surface area contributed by atoms with Gasteiger partial charge < -0.3 is 30.2 Å². The molecule has 4 aliphatic heterocycles. The van der Waals surface area contributed by atoms with E-state index in [1.165, 1.54) is 24.5 Å². The summed E-state index contributed by atoms with van der Waals surface area (Å²) in [6, 6.07) is 3.03. The van der Waals surface area contributed by atoms with Gasteiger partial charge in [0.05, 0.1) is 22.8 Å². The van der Waals surface area contributed by atoms with Gasteiger partial charge in [0.2, 0.25) is 5.91 Å². The summed E-state index contributed by atoms with van der Waals surface area (Å²) < 4.78 is 42.1. The first-order valence-corrected chi connectivity index (χ1v) is 18.6. The predicted molar refractivity (Wildman–Crippen MR) is 189 cm³/mol. The number of piperidine rings is 2.